The van der Waals surface area contributed by atoms with Crippen LogP contribution in [0.4, 0.5) is 4.79 Å². The normalized spacial score (nSPS) is 37.7. The van der Waals surface area contributed by atoms with Gasteiger partial charge in [0.1, 0.15) is 18.8 Å². The van der Waals surface area contributed by atoms with Gasteiger partial charge in [0.25, 0.3) is 0 Å². The third-order valence-electron chi connectivity index (χ3n) is 4.95. The zero-order valence-corrected chi connectivity index (χ0v) is 13.3. The Morgan fingerprint density at radius 1 is 1.37 bits per heavy atom. The van der Waals surface area contributed by atoms with E-state index in [1.165, 1.54) is 0 Å². The van der Waals surface area contributed by atoms with E-state index in [0.29, 0.717) is 13.2 Å². The molecular formula is C13H23NO4Si. The standard InChI is InChI=1S/C13H23NO4Si/c1-13(2,3)19(4,5)18-10-8-7-16-12(15)14(8)6-9-11(10)17-9/h8-11H,6-7H2,1-5H3/t8-,9+,10+,11+/m0/s1. The Morgan fingerprint density at radius 3 is 2.68 bits per heavy atom. The molecule has 108 valence electrons. The van der Waals surface area contributed by atoms with E-state index < -0.39 is 8.32 Å². The third-order valence-corrected chi connectivity index (χ3v) is 9.42. The van der Waals surface area contributed by atoms with Crippen molar-refractivity contribution in [3.8, 4) is 0 Å². The van der Waals surface area contributed by atoms with Crippen molar-refractivity contribution in [2.75, 3.05) is 13.2 Å². The van der Waals surface area contributed by atoms with Crippen molar-refractivity contribution in [1.29, 1.82) is 0 Å². The van der Waals surface area contributed by atoms with Crippen LogP contribution in [0.25, 0.3) is 0 Å². The molecule has 3 aliphatic heterocycles. The predicted octanol–water partition coefficient (Wildman–Crippen LogP) is 1.98. The first kappa shape index (κ1) is 13.4. The molecule has 5 nitrogen and oxygen atoms in total. The number of carbonyl (C=O) groups is 1. The van der Waals surface area contributed by atoms with Crippen LogP contribution in [0.15, 0.2) is 0 Å². The molecular weight excluding hydrogens is 262 g/mol. The maximum atomic E-state index is 11.7. The summed E-state index contributed by atoms with van der Waals surface area (Å²) in [6, 6.07) is 0.0328. The van der Waals surface area contributed by atoms with Crippen molar-refractivity contribution in [2.45, 2.75) is 63.3 Å². The summed E-state index contributed by atoms with van der Waals surface area (Å²) in [5, 5.41) is 0.156. The lowest BCUT2D eigenvalue weighted by atomic mass is 10.0. The Kier molecular flexibility index (Phi) is 2.79. The van der Waals surface area contributed by atoms with Crippen LogP contribution < -0.4 is 0 Å². The number of piperidine rings is 1. The molecule has 0 bridgehead atoms. The number of rotatable bonds is 2. The van der Waals surface area contributed by atoms with E-state index in [9.17, 15) is 4.79 Å². The molecule has 0 aromatic heterocycles. The van der Waals surface area contributed by atoms with E-state index in [0.717, 1.165) is 0 Å². The van der Waals surface area contributed by atoms with Gasteiger partial charge in [-0.3, -0.25) is 4.90 Å². The van der Waals surface area contributed by atoms with Gasteiger partial charge < -0.3 is 13.9 Å². The van der Waals surface area contributed by atoms with Crippen molar-refractivity contribution in [1.82, 2.24) is 4.90 Å². The Hall–Kier alpha value is -0.593. The highest BCUT2D eigenvalue weighted by Crippen LogP contribution is 2.44. The second-order valence-electron chi connectivity index (χ2n) is 7.28. The van der Waals surface area contributed by atoms with Crippen molar-refractivity contribution in [3.63, 3.8) is 0 Å². The van der Waals surface area contributed by atoms with E-state index in [-0.39, 0.29) is 35.5 Å². The molecule has 1 amide bonds. The molecule has 3 rings (SSSR count). The Bertz CT molecular complexity index is 406. The van der Waals surface area contributed by atoms with E-state index in [2.05, 4.69) is 33.9 Å². The van der Waals surface area contributed by atoms with Gasteiger partial charge in [0.15, 0.2) is 8.32 Å². The molecule has 0 saturated carbocycles. The van der Waals surface area contributed by atoms with Crippen molar-refractivity contribution < 1.29 is 18.7 Å². The van der Waals surface area contributed by atoms with Crippen molar-refractivity contribution in [2.24, 2.45) is 0 Å². The summed E-state index contributed by atoms with van der Waals surface area (Å²) < 4.78 is 17.3. The summed E-state index contributed by atoms with van der Waals surface area (Å²) in [4.78, 5) is 13.5. The lowest BCUT2D eigenvalue weighted by molar-refractivity contribution is 0.0670. The third kappa shape index (κ3) is 2.10. The Labute approximate surface area is 115 Å². The van der Waals surface area contributed by atoms with Crippen LogP contribution in [0.2, 0.25) is 18.1 Å². The van der Waals surface area contributed by atoms with E-state index in [4.69, 9.17) is 13.9 Å². The van der Waals surface area contributed by atoms with Gasteiger partial charge in [0, 0.05) is 0 Å². The Morgan fingerprint density at radius 2 is 2.05 bits per heavy atom. The summed E-state index contributed by atoms with van der Waals surface area (Å²) in [6.45, 7) is 12.2. The van der Waals surface area contributed by atoms with E-state index in [1.54, 1.807) is 4.90 Å². The highest BCUT2D eigenvalue weighted by atomic mass is 28.4. The van der Waals surface area contributed by atoms with Crippen LogP contribution in [0, 0.1) is 0 Å². The van der Waals surface area contributed by atoms with Gasteiger partial charge in [-0.1, -0.05) is 20.8 Å². The first-order valence-electron chi connectivity index (χ1n) is 6.97. The SMILES string of the molecule is CC(C)(C)[Si](C)(C)O[C@H]1[C@@H]2O[C@@H]2CN2C(=O)OC[C@@H]12. The minimum atomic E-state index is -1.86. The molecule has 0 aromatic rings. The smallest absolute Gasteiger partial charge is 0.410 e. The summed E-state index contributed by atoms with van der Waals surface area (Å²) in [6.07, 6.45) is 0.0652. The van der Waals surface area contributed by atoms with Gasteiger partial charge in [0.05, 0.1) is 18.7 Å². The fourth-order valence-electron chi connectivity index (χ4n) is 2.61. The van der Waals surface area contributed by atoms with Crippen LogP contribution in [0.1, 0.15) is 20.8 Å². The molecule has 3 heterocycles. The van der Waals surface area contributed by atoms with Crippen LogP contribution >= 0.6 is 0 Å². The summed E-state index contributed by atoms with van der Waals surface area (Å²) in [7, 11) is -1.86. The van der Waals surface area contributed by atoms with Gasteiger partial charge in [-0.05, 0) is 18.1 Å². The molecule has 3 aliphatic rings. The highest BCUT2D eigenvalue weighted by molar-refractivity contribution is 6.74. The molecule has 0 radical (unpaired) electrons. The first-order chi connectivity index (χ1) is 8.71. The van der Waals surface area contributed by atoms with Crippen LogP contribution in [-0.4, -0.2) is 56.8 Å². The molecule has 0 N–H and O–H groups in total. The average Bonchev–Trinajstić information content (AvgIpc) is 2.95. The lowest BCUT2D eigenvalue weighted by Gasteiger charge is -2.42. The average molecular weight is 285 g/mol. The largest absolute Gasteiger partial charge is 0.447 e. The molecule has 6 heteroatoms. The second kappa shape index (κ2) is 3.96. The van der Waals surface area contributed by atoms with Gasteiger partial charge in [-0.2, -0.15) is 0 Å². The van der Waals surface area contributed by atoms with E-state index in [1.807, 2.05) is 0 Å². The molecule has 0 spiro atoms. The number of ether oxygens (including phenoxy) is 2. The molecule has 0 unspecified atom stereocenters. The predicted molar refractivity (Wildman–Crippen MR) is 72.6 cm³/mol. The topological polar surface area (TPSA) is 51.3 Å². The van der Waals surface area contributed by atoms with E-state index >= 15 is 0 Å². The lowest BCUT2D eigenvalue weighted by Crippen LogP contribution is -2.57. The van der Waals surface area contributed by atoms with Gasteiger partial charge in [-0.25, -0.2) is 4.79 Å². The fourth-order valence-corrected chi connectivity index (χ4v) is 3.94. The molecule has 3 saturated heterocycles. The second-order valence-corrected chi connectivity index (χ2v) is 12.0. The van der Waals surface area contributed by atoms with Gasteiger partial charge in [-0.15, -0.1) is 0 Å². The number of amides is 1. The zero-order valence-electron chi connectivity index (χ0n) is 12.3. The maximum Gasteiger partial charge on any atom is 0.410 e. The van der Waals surface area contributed by atoms with Gasteiger partial charge >= 0.3 is 6.09 Å². The molecule has 19 heavy (non-hydrogen) atoms. The maximum absolute atomic E-state index is 11.7. The number of carbonyl (C=O) groups excluding carboxylic acids is 1. The van der Waals surface area contributed by atoms with Crippen LogP contribution in [-0.2, 0) is 13.9 Å². The Balaban J connectivity index is 1.79. The van der Waals surface area contributed by atoms with Crippen LogP contribution in [0.3, 0.4) is 0 Å². The quantitative estimate of drug-likeness (QED) is 0.575. The molecule has 0 aromatic carbocycles. The summed E-state index contributed by atoms with van der Waals surface area (Å²) in [5.41, 5.74) is 0. The van der Waals surface area contributed by atoms with Gasteiger partial charge in [0.2, 0.25) is 0 Å². The minimum Gasteiger partial charge on any atom is -0.447 e. The number of hydrogen-bond acceptors (Lipinski definition) is 4. The number of fused-ring (bicyclic) bond motifs is 2. The number of cyclic esters (lactones) is 1. The molecule has 4 atom stereocenters. The molecule has 3 fully saturated rings. The number of epoxide rings is 1. The summed E-state index contributed by atoms with van der Waals surface area (Å²) in [5.74, 6) is 0. The number of nitrogens with zero attached hydrogens (tertiary/aromatic N) is 1. The highest BCUT2D eigenvalue weighted by Gasteiger charge is 2.60. The van der Waals surface area contributed by atoms with Crippen LogP contribution in [0.5, 0.6) is 0 Å². The molecule has 0 aliphatic carbocycles. The van der Waals surface area contributed by atoms with Crippen molar-refractivity contribution in [3.05, 3.63) is 0 Å². The number of hydrogen-bond donors (Lipinski definition) is 0. The first-order valence-corrected chi connectivity index (χ1v) is 9.88. The fraction of sp³-hybridized carbons (Fsp3) is 0.923. The zero-order chi connectivity index (χ0) is 14.0. The monoisotopic (exact) mass is 285 g/mol. The summed E-state index contributed by atoms with van der Waals surface area (Å²) >= 11 is 0. The van der Waals surface area contributed by atoms with Crippen molar-refractivity contribution >= 4 is 14.4 Å². The minimum absolute atomic E-state index is 0.0221.